The molecule has 13 heavy (non-hydrogen) atoms. The van der Waals surface area contributed by atoms with Gasteiger partial charge >= 0.3 is 0 Å². The van der Waals surface area contributed by atoms with E-state index in [9.17, 15) is 4.79 Å². The molecule has 3 nitrogen and oxygen atoms in total. The molecule has 0 aromatic heterocycles. The number of carbonyl (C=O) groups is 1. The minimum atomic E-state index is 0.184. The first-order valence-electron chi connectivity index (χ1n) is 4.54. The molecule has 0 radical (unpaired) electrons. The van der Waals surface area contributed by atoms with Crippen molar-refractivity contribution in [1.29, 1.82) is 0 Å². The van der Waals surface area contributed by atoms with E-state index in [1.165, 1.54) is 0 Å². The Morgan fingerprint density at radius 3 is 2.77 bits per heavy atom. The van der Waals surface area contributed by atoms with Crippen LogP contribution in [0.2, 0.25) is 0 Å². The van der Waals surface area contributed by atoms with E-state index in [2.05, 4.69) is 6.92 Å². The Labute approximate surface area is 83.8 Å². The molecule has 76 valence electrons. The summed E-state index contributed by atoms with van der Waals surface area (Å²) in [7, 11) is 3.58. The summed E-state index contributed by atoms with van der Waals surface area (Å²) >= 11 is 1.71. The molecule has 1 amide bonds. The standard InChI is InChI=1S/C9H17NO2S/c1-7-8(4-5-12-7)13-6-9(11)10(2)3/h7-8H,4-6H2,1-3H3/t7-,8-/m0/s1. The zero-order chi connectivity index (χ0) is 9.84. The molecule has 4 heteroatoms. The molecule has 1 aliphatic rings. The van der Waals surface area contributed by atoms with Gasteiger partial charge in [-0.1, -0.05) is 0 Å². The molecule has 1 heterocycles. The number of thioether (sulfide) groups is 1. The van der Waals surface area contributed by atoms with Crippen molar-refractivity contribution in [3.63, 3.8) is 0 Å². The van der Waals surface area contributed by atoms with Crippen molar-refractivity contribution in [2.24, 2.45) is 0 Å². The normalized spacial score (nSPS) is 27.6. The number of hydrogen-bond donors (Lipinski definition) is 0. The van der Waals surface area contributed by atoms with E-state index in [1.807, 2.05) is 0 Å². The summed E-state index contributed by atoms with van der Waals surface area (Å²) < 4.78 is 5.41. The third-order valence-corrected chi connectivity index (χ3v) is 3.69. The zero-order valence-electron chi connectivity index (χ0n) is 8.45. The van der Waals surface area contributed by atoms with Gasteiger partial charge in [0.05, 0.1) is 11.9 Å². The molecule has 1 saturated heterocycles. The van der Waals surface area contributed by atoms with Crippen LogP contribution >= 0.6 is 11.8 Å². The Morgan fingerprint density at radius 2 is 2.31 bits per heavy atom. The lowest BCUT2D eigenvalue weighted by Crippen LogP contribution is -2.25. The second-order valence-corrected chi connectivity index (χ2v) is 4.73. The maximum absolute atomic E-state index is 11.3. The molecule has 0 unspecified atom stereocenters. The third-order valence-electron chi connectivity index (χ3n) is 2.23. The fourth-order valence-electron chi connectivity index (χ4n) is 1.24. The molecule has 2 atom stereocenters. The highest BCUT2D eigenvalue weighted by molar-refractivity contribution is 8.00. The van der Waals surface area contributed by atoms with Crippen LogP contribution in [0.15, 0.2) is 0 Å². The van der Waals surface area contributed by atoms with Crippen molar-refractivity contribution >= 4 is 17.7 Å². The van der Waals surface area contributed by atoms with E-state index in [4.69, 9.17) is 4.74 Å². The lowest BCUT2D eigenvalue weighted by Gasteiger charge is -2.15. The van der Waals surface area contributed by atoms with E-state index >= 15 is 0 Å². The van der Waals surface area contributed by atoms with Crippen molar-refractivity contribution in [3.8, 4) is 0 Å². The zero-order valence-corrected chi connectivity index (χ0v) is 9.26. The fraction of sp³-hybridized carbons (Fsp3) is 0.889. The molecule has 0 spiro atoms. The van der Waals surface area contributed by atoms with Crippen molar-refractivity contribution in [2.45, 2.75) is 24.7 Å². The van der Waals surface area contributed by atoms with E-state index in [1.54, 1.807) is 30.8 Å². The summed E-state index contributed by atoms with van der Waals surface area (Å²) in [6.45, 7) is 2.92. The van der Waals surface area contributed by atoms with Gasteiger partial charge in [-0.3, -0.25) is 4.79 Å². The number of hydrogen-bond acceptors (Lipinski definition) is 3. The summed E-state index contributed by atoms with van der Waals surface area (Å²) in [6, 6.07) is 0. The molecule has 1 rings (SSSR count). The lowest BCUT2D eigenvalue weighted by molar-refractivity contribution is -0.125. The van der Waals surface area contributed by atoms with Crippen molar-refractivity contribution in [3.05, 3.63) is 0 Å². The van der Waals surface area contributed by atoms with Crippen LogP contribution in [0, 0.1) is 0 Å². The number of rotatable bonds is 3. The minimum Gasteiger partial charge on any atom is -0.377 e. The van der Waals surface area contributed by atoms with Crippen molar-refractivity contribution in [2.75, 3.05) is 26.5 Å². The molecule has 0 aliphatic carbocycles. The first-order chi connectivity index (χ1) is 6.11. The Hall–Kier alpha value is -0.220. The molecule has 1 fully saturated rings. The molecule has 0 bridgehead atoms. The highest BCUT2D eigenvalue weighted by atomic mass is 32.2. The van der Waals surface area contributed by atoms with Gasteiger partial charge in [-0.2, -0.15) is 0 Å². The summed E-state index contributed by atoms with van der Waals surface area (Å²) in [5.41, 5.74) is 0. The maximum Gasteiger partial charge on any atom is 0.232 e. The predicted octanol–water partition coefficient (Wildman–Crippen LogP) is 0.985. The van der Waals surface area contributed by atoms with Crippen LogP contribution in [0.5, 0.6) is 0 Å². The largest absolute Gasteiger partial charge is 0.377 e. The first kappa shape index (κ1) is 10.9. The highest BCUT2D eigenvalue weighted by Gasteiger charge is 2.25. The van der Waals surface area contributed by atoms with Crippen molar-refractivity contribution in [1.82, 2.24) is 4.90 Å². The first-order valence-corrected chi connectivity index (χ1v) is 5.59. The number of carbonyl (C=O) groups excluding carboxylic acids is 1. The summed E-state index contributed by atoms with van der Waals surface area (Å²) in [4.78, 5) is 12.9. The Balaban J connectivity index is 2.22. The van der Waals surface area contributed by atoms with Gasteiger partial charge in [0, 0.05) is 26.0 Å². The van der Waals surface area contributed by atoms with Crippen LogP contribution in [0.3, 0.4) is 0 Å². The molecule has 1 aliphatic heterocycles. The van der Waals surface area contributed by atoms with Crippen LogP contribution in [0.25, 0.3) is 0 Å². The van der Waals surface area contributed by atoms with Crippen LogP contribution < -0.4 is 0 Å². The van der Waals surface area contributed by atoms with Gasteiger partial charge in [-0.05, 0) is 13.3 Å². The fourth-order valence-corrected chi connectivity index (χ4v) is 2.47. The number of amides is 1. The Kier molecular flexibility index (Phi) is 4.06. The van der Waals surface area contributed by atoms with Crippen LogP contribution in [0.1, 0.15) is 13.3 Å². The Bertz CT molecular complexity index is 184. The topological polar surface area (TPSA) is 29.5 Å². The summed E-state index contributed by atoms with van der Waals surface area (Å²) in [6.07, 6.45) is 1.38. The smallest absolute Gasteiger partial charge is 0.232 e. The van der Waals surface area contributed by atoms with Gasteiger partial charge in [0.1, 0.15) is 0 Å². The molecule has 0 N–H and O–H groups in total. The SMILES string of the molecule is C[C@@H]1OCC[C@@H]1SCC(=O)N(C)C. The van der Waals surface area contributed by atoms with Gasteiger partial charge in [-0.25, -0.2) is 0 Å². The lowest BCUT2D eigenvalue weighted by atomic mass is 10.3. The van der Waals surface area contributed by atoms with Crippen molar-refractivity contribution < 1.29 is 9.53 Å². The van der Waals surface area contributed by atoms with Gasteiger partial charge in [0.15, 0.2) is 0 Å². The molecular weight excluding hydrogens is 186 g/mol. The Morgan fingerprint density at radius 1 is 1.62 bits per heavy atom. The van der Waals surface area contributed by atoms with E-state index < -0.39 is 0 Å². The van der Waals surface area contributed by atoms with Crippen LogP contribution in [0.4, 0.5) is 0 Å². The summed E-state index contributed by atoms with van der Waals surface area (Å²) in [5, 5.41) is 0.504. The quantitative estimate of drug-likeness (QED) is 0.685. The summed E-state index contributed by atoms with van der Waals surface area (Å²) in [5.74, 6) is 0.759. The number of ether oxygens (including phenoxy) is 1. The predicted molar refractivity (Wildman–Crippen MR) is 55.0 cm³/mol. The minimum absolute atomic E-state index is 0.184. The average molecular weight is 203 g/mol. The van der Waals surface area contributed by atoms with E-state index in [0.717, 1.165) is 13.0 Å². The van der Waals surface area contributed by atoms with Gasteiger partial charge in [-0.15, -0.1) is 11.8 Å². The van der Waals surface area contributed by atoms with E-state index in [0.29, 0.717) is 17.1 Å². The van der Waals surface area contributed by atoms with Crippen LogP contribution in [-0.4, -0.2) is 48.6 Å². The van der Waals surface area contributed by atoms with Crippen LogP contribution in [-0.2, 0) is 9.53 Å². The van der Waals surface area contributed by atoms with E-state index in [-0.39, 0.29) is 5.91 Å². The van der Waals surface area contributed by atoms with Gasteiger partial charge in [0.25, 0.3) is 0 Å². The molecule has 0 aromatic rings. The highest BCUT2D eigenvalue weighted by Crippen LogP contribution is 2.26. The second-order valence-electron chi connectivity index (χ2n) is 3.50. The molecule has 0 aromatic carbocycles. The maximum atomic E-state index is 11.3. The third kappa shape index (κ3) is 3.19. The van der Waals surface area contributed by atoms with Gasteiger partial charge in [0.2, 0.25) is 5.91 Å². The average Bonchev–Trinajstić information content (AvgIpc) is 2.47. The van der Waals surface area contributed by atoms with Gasteiger partial charge < -0.3 is 9.64 Å². The molecular formula is C9H17NO2S. The number of nitrogens with zero attached hydrogens (tertiary/aromatic N) is 1. The monoisotopic (exact) mass is 203 g/mol. The molecule has 0 saturated carbocycles. The second kappa shape index (κ2) is 4.86.